The van der Waals surface area contributed by atoms with Gasteiger partial charge in [0.15, 0.2) is 0 Å². The number of aryl methyl sites for hydroxylation is 2. The highest BCUT2D eigenvalue weighted by atomic mass is 79.9. The van der Waals surface area contributed by atoms with Crippen LogP contribution in [0.4, 0.5) is 5.69 Å². The topological polar surface area (TPSA) is 96.0 Å². The minimum absolute atomic E-state index is 0.0374. The lowest BCUT2D eigenvalue weighted by molar-refractivity contribution is -0.140. The highest BCUT2D eigenvalue weighted by Gasteiger charge is 2.35. The molecular formula is C36H40BrN3O5S. The average Bonchev–Trinajstić information content (AvgIpc) is 3.05. The Bertz CT molecular complexity index is 1730. The quantitative estimate of drug-likeness (QED) is 0.163. The predicted molar refractivity (Wildman–Crippen MR) is 185 cm³/mol. The molecule has 0 bridgehead atoms. The van der Waals surface area contributed by atoms with E-state index in [9.17, 15) is 18.0 Å². The summed E-state index contributed by atoms with van der Waals surface area (Å²) in [6, 6.07) is 27.7. The Hall–Kier alpha value is -4.15. The molecule has 0 aromatic heterocycles. The number of ether oxygens (including phenoxy) is 1. The highest BCUT2D eigenvalue weighted by molar-refractivity contribution is 9.10. The van der Waals surface area contributed by atoms with Gasteiger partial charge in [-0.25, -0.2) is 8.42 Å². The summed E-state index contributed by atoms with van der Waals surface area (Å²) in [7, 11) is -2.79. The largest absolute Gasteiger partial charge is 0.495 e. The zero-order valence-electron chi connectivity index (χ0n) is 26.6. The molecule has 0 aliphatic rings. The molecule has 46 heavy (non-hydrogen) atoms. The molecule has 0 aliphatic heterocycles. The van der Waals surface area contributed by atoms with Gasteiger partial charge in [0.1, 0.15) is 18.3 Å². The fraction of sp³-hybridized carbons (Fsp3) is 0.278. The second-order valence-corrected chi connectivity index (χ2v) is 13.9. The predicted octanol–water partition coefficient (Wildman–Crippen LogP) is 6.44. The van der Waals surface area contributed by atoms with E-state index in [2.05, 4.69) is 21.2 Å². The molecule has 242 valence electrons. The van der Waals surface area contributed by atoms with Crippen LogP contribution in [0.3, 0.4) is 0 Å². The average molecular weight is 707 g/mol. The van der Waals surface area contributed by atoms with Crippen LogP contribution in [0.2, 0.25) is 0 Å². The summed E-state index contributed by atoms with van der Waals surface area (Å²) < 4.78 is 36.2. The van der Waals surface area contributed by atoms with Crippen LogP contribution in [0.5, 0.6) is 5.75 Å². The molecular weight excluding hydrogens is 666 g/mol. The standard InChI is InChI=1S/C36H40BrN3O5S/c1-5-21-38-36(42)33(23-28-9-7-6-8-10-28)39(24-29-14-16-30(37)17-15-29)35(41)25-40(32-22-27(3)13-20-34(32)45-4)46(43,44)31-18-11-26(2)12-19-31/h6-20,22,33H,5,21,23-25H2,1-4H3,(H,38,42). The Morgan fingerprint density at radius 3 is 2.15 bits per heavy atom. The molecule has 0 radical (unpaired) electrons. The van der Waals surface area contributed by atoms with Gasteiger partial charge >= 0.3 is 0 Å². The molecule has 0 saturated carbocycles. The maximum Gasteiger partial charge on any atom is 0.264 e. The van der Waals surface area contributed by atoms with Gasteiger partial charge in [-0.15, -0.1) is 0 Å². The second-order valence-electron chi connectivity index (χ2n) is 11.1. The number of carbonyl (C=O) groups is 2. The number of methoxy groups -OCH3 is 1. The Labute approximate surface area is 280 Å². The number of anilines is 1. The van der Waals surface area contributed by atoms with Crippen LogP contribution < -0.4 is 14.4 Å². The lowest BCUT2D eigenvalue weighted by atomic mass is 10.0. The smallest absolute Gasteiger partial charge is 0.264 e. The molecule has 4 aromatic carbocycles. The summed E-state index contributed by atoms with van der Waals surface area (Å²) in [5, 5.41) is 2.96. The first-order valence-corrected chi connectivity index (χ1v) is 17.4. The van der Waals surface area contributed by atoms with Gasteiger partial charge < -0.3 is 15.0 Å². The lowest BCUT2D eigenvalue weighted by Gasteiger charge is -2.34. The van der Waals surface area contributed by atoms with E-state index in [1.165, 1.54) is 24.1 Å². The van der Waals surface area contributed by atoms with Crippen LogP contribution in [0.1, 0.15) is 35.6 Å². The molecule has 0 heterocycles. The summed E-state index contributed by atoms with van der Waals surface area (Å²) in [5.41, 5.74) is 3.59. The lowest BCUT2D eigenvalue weighted by Crippen LogP contribution is -2.53. The zero-order valence-corrected chi connectivity index (χ0v) is 29.0. The second kappa shape index (κ2) is 15.9. The number of nitrogens with zero attached hydrogens (tertiary/aromatic N) is 2. The summed E-state index contributed by atoms with van der Waals surface area (Å²) in [5.74, 6) is -0.540. The van der Waals surface area contributed by atoms with Gasteiger partial charge in [0.25, 0.3) is 10.0 Å². The van der Waals surface area contributed by atoms with Crippen molar-refractivity contribution < 1.29 is 22.7 Å². The monoisotopic (exact) mass is 705 g/mol. The van der Waals surface area contributed by atoms with E-state index in [4.69, 9.17) is 4.74 Å². The van der Waals surface area contributed by atoms with Crippen molar-refractivity contribution in [1.82, 2.24) is 10.2 Å². The highest BCUT2D eigenvalue weighted by Crippen LogP contribution is 2.34. The third kappa shape index (κ3) is 8.76. The molecule has 1 atom stereocenters. The third-order valence-corrected chi connectivity index (χ3v) is 9.88. The summed E-state index contributed by atoms with van der Waals surface area (Å²) in [6.45, 7) is 5.65. The number of sulfonamides is 1. The zero-order chi connectivity index (χ0) is 33.3. The minimum Gasteiger partial charge on any atom is -0.495 e. The Kier molecular flexibility index (Phi) is 12.0. The fourth-order valence-corrected chi connectivity index (χ4v) is 6.73. The molecule has 2 amide bonds. The van der Waals surface area contributed by atoms with Gasteiger partial charge in [0.2, 0.25) is 11.8 Å². The fourth-order valence-electron chi connectivity index (χ4n) is 5.05. The van der Waals surface area contributed by atoms with Crippen LogP contribution in [-0.4, -0.2) is 51.4 Å². The van der Waals surface area contributed by atoms with Crippen molar-refractivity contribution in [3.63, 3.8) is 0 Å². The van der Waals surface area contributed by atoms with E-state index in [0.29, 0.717) is 12.3 Å². The number of hydrogen-bond acceptors (Lipinski definition) is 5. The van der Waals surface area contributed by atoms with Gasteiger partial charge in [-0.05, 0) is 73.4 Å². The molecule has 4 rings (SSSR count). The van der Waals surface area contributed by atoms with Crippen LogP contribution in [0, 0.1) is 13.8 Å². The number of hydrogen-bond donors (Lipinski definition) is 1. The number of benzene rings is 4. The van der Waals surface area contributed by atoms with Gasteiger partial charge in [0, 0.05) is 24.0 Å². The van der Waals surface area contributed by atoms with Crippen LogP contribution >= 0.6 is 15.9 Å². The maximum atomic E-state index is 14.6. The maximum absolute atomic E-state index is 14.6. The van der Waals surface area contributed by atoms with Crippen molar-refractivity contribution in [3.05, 3.63) is 124 Å². The van der Waals surface area contributed by atoms with E-state index >= 15 is 0 Å². The minimum atomic E-state index is -4.25. The molecule has 0 saturated heterocycles. The number of rotatable bonds is 14. The van der Waals surface area contributed by atoms with Gasteiger partial charge in [0.05, 0.1) is 17.7 Å². The van der Waals surface area contributed by atoms with Crippen molar-refractivity contribution >= 4 is 43.5 Å². The summed E-state index contributed by atoms with van der Waals surface area (Å²) in [4.78, 5) is 29.9. The molecule has 0 spiro atoms. The first kappa shape index (κ1) is 34.7. The first-order valence-electron chi connectivity index (χ1n) is 15.1. The van der Waals surface area contributed by atoms with Crippen molar-refractivity contribution in [2.24, 2.45) is 0 Å². The van der Waals surface area contributed by atoms with E-state index in [-0.39, 0.29) is 29.5 Å². The number of carbonyl (C=O) groups excluding carboxylic acids is 2. The van der Waals surface area contributed by atoms with Crippen LogP contribution in [0.15, 0.2) is 106 Å². The van der Waals surface area contributed by atoms with E-state index in [1.54, 1.807) is 24.3 Å². The van der Waals surface area contributed by atoms with Crippen molar-refractivity contribution in [2.45, 2.75) is 51.1 Å². The molecule has 4 aromatic rings. The van der Waals surface area contributed by atoms with Crippen LogP contribution in [0.25, 0.3) is 0 Å². The summed E-state index contributed by atoms with van der Waals surface area (Å²) >= 11 is 3.46. The SMILES string of the molecule is CCCNC(=O)C(Cc1ccccc1)N(Cc1ccc(Br)cc1)C(=O)CN(c1cc(C)ccc1OC)S(=O)(=O)c1ccc(C)cc1. The Balaban J connectivity index is 1.84. The normalized spacial score (nSPS) is 11.8. The first-order chi connectivity index (χ1) is 22.0. The van der Waals surface area contributed by atoms with Gasteiger partial charge in [-0.2, -0.15) is 0 Å². The molecule has 10 heteroatoms. The molecule has 8 nitrogen and oxygen atoms in total. The molecule has 1 N–H and O–H groups in total. The van der Waals surface area contributed by atoms with E-state index in [1.807, 2.05) is 81.4 Å². The Morgan fingerprint density at radius 2 is 1.52 bits per heavy atom. The van der Waals surface area contributed by atoms with Crippen molar-refractivity contribution in [1.29, 1.82) is 0 Å². The van der Waals surface area contributed by atoms with E-state index in [0.717, 1.165) is 37.5 Å². The van der Waals surface area contributed by atoms with Gasteiger partial charge in [-0.1, -0.05) is 89.1 Å². The van der Waals surface area contributed by atoms with E-state index < -0.39 is 28.5 Å². The van der Waals surface area contributed by atoms with Gasteiger partial charge in [-0.3, -0.25) is 13.9 Å². The summed E-state index contributed by atoms with van der Waals surface area (Å²) in [6.07, 6.45) is 0.970. The number of nitrogens with one attached hydrogen (secondary N) is 1. The van der Waals surface area contributed by atoms with Crippen molar-refractivity contribution in [2.75, 3.05) is 24.5 Å². The third-order valence-electron chi connectivity index (χ3n) is 7.58. The number of halogens is 1. The molecule has 0 fully saturated rings. The van der Waals surface area contributed by atoms with Crippen LogP contribution in [-0.2, 0) is 32.6 Å². The molecule has 0 aliphatic carbocycles. The number of amides is 2. The Morgan fingerprint density at radius 1 is 0.870 bits per heavy atom. The molecule has 1 unspecified atom stereocenters. The van der Waals surface area contributed by atoms with Crippen molar-refractivity contribution in [3.8, 4) is 5.75 Å².